The van der Waals surface area contributed by atoms with Gasteiger partial charge in [0.25, 0.3) is 0 Å². The van der Waals surface area contributed by atoms with Gasteiger partial charge in [0.1, 0.15) is 5.75 Å². The number of ether oxygens (including phenoxy) is 1. The second-order valence-electron chi connectivity index (χ2n) is 4.08. The SMILES string of the molecule is COc1ccc(CC(N[C-]=O)C(=O)N(C)C)cc1.[Rh]. The van der Waals surface area contributed by atoms with Crippen molar-refractivity contribution < 1.29 is 33.8 Å². The Balaban J connectivity index is 0.00000324. The van der Waals surface area contributed by atoms with Gasteiger partial charge < -0.3 is 19.7 Å². The molecule has 1 radical (unpaired) electrons. The average Bonchev–Trinajstić information content (AvgIpc) is 2.38. The third-order valence-electron chi connectivity index (χ3n) is 2.57. The van der Waals surface area contributed by atoms with E-state index >= 15 is 0 Å². The molecule has 1 unspecified atom stereocenters. The Bertz CT molecular complexity index is 407. The number of hydrogen-bond donors (Lipinski definition) is 1. The van der Waals surface area contributed by atoms with Crippen LogP contribution in [0.2, 0.25) is 0 Å². The van der Waals surface area contributed by atoms with E-state index in [1.165, 1.54) is 4.90 Å². The summed E-state index contributed by atoms with van der Waals surface area (Å²) >= 11 is 0. The molecule has 1 aromatic rings. The largest absolute Gasteiger partial charge is 0.520 e. The van der Waals surface area contributed by atoms with Crippen LogP contribution < -0.4 is 10.1 Å². The van der Waals surface area contributed by atoms with E-state index in [2.05, 4.69) is 5.32 Å². The van der Waals surface area contributed by atoms with Crippen LogP contribution in [0, 0.1) is 0 Å². The summed E-state index contributed by atoms with van der Waals surface area (Å²) in [5.74, 6) is 0.596. The first kappa shape index (κ1) is 17.6. The van der Waals surface area contributed by atoms with Crippen LogP contribution in [0.3, 0.4) is 0 Å². The third-order valence-corrected chi connectivity index (χ3v) is 2.57. The summed E-state index contributed by atoms with van der Waals surface area (Å²) in [6.07, 6.45) is 2.00. The molecule has 1 aromatic carbocycles. The van der Waals surface area contributed by atoms with E-state index in [1.807, 2.05) is 24.3 Å². The number of carbonyl (C=O) groups is 1. The predicted molar refractivity (Wildman–Crippen MR) is 68.0 cm³/mol. The van der Waals surface area contributed by atoms with E-state index < -0.39 is 6.04 Å². The van der Waals surface area contributed by atoms with Gasteiger partial charge in [0.05, 0.1) is 13.2 Å². The van der Waals surface area contributed by atoms with Crippen LogP contribution in [-0.4, -0.2) is 44.5 Å². The third kappa shape index (κ3) is 5.39. The van der Waals surface area contributed by atoms with Gasteiger partial charge in [-0.25, -0.2) is 0 Å². The molecule has 0 spiro atoms. The molecule has 19 heavy (non-hydrogen) atoms. The van der Waals surface area contributed by atoms with Crippen molar-refractivity contribution in [2.45, 2.75) is 12.5 Å². The number of amides is 2. The number of methoxy groups -OCH3 is 1. The predicted octanol–water partition coefficient (Wildman–Crippen LogP) is 0.349. The van der Waals surface area contributed by atoms with Crippen LogP contribution in [0.25, 0.3) is 0 Å². The van der Waals surface area contributed by atoms with Crippen molar-refractivity contribution in [3.8, 4) is 5.75 Å². The van der Waals surface area contributed by atoms with Crippen LogP contribution in [0.5, 0.6) is 5.75 Å². The molecule has 0 saturated heterocycles. The van der Waals surface area contributed by atoms with E-state index in [4.69, 9.17) is 4.74 Å². The fourth-order valence-corrected chi connectivity index (χ4v) is 1.58. The molecule has 5 nitrogen and oxygen atoms in total. The maximum Gasteiger partial charge on any atom is 0.242 e. The Morgan fingerprint density at radius 1 is 1.37 bits per heavy atom. The molecule has 0 fully saturated rings. The molecule has 0 heterocycles. The Morgan fingerprint density at radius 2 is 1.95 bits per heavy atom. The fourth-order valence-electron chi connectivity index (χ4n) is 1.58. The fraction of sp³-hybridized carbons (Fsp3) is 0.385. The number of nitrogens with zero attached hydrogens (tertiary/aromatic N) is 1. The van der Waals surface area contributed by atoms with Crippen molar-refractivity contribution in [3.05, 3.63) is 29.8 Å². The summed E-state index contributed by atoms with van der Waals surface area (Å²) in [6.45, 7) is 0. The maximum atomic E-state index is 11.8. The van der Waals surface area contributed by atoms with Crippen LogP contribution in [0.4, 0.5) is 0 Å². The van der Waals surface area contributed by atoms with Gasteiger partial charge in [-0.15, -0.1) is 0 Å². The molecule has 1 atom stereocenters. The monoisotopic (exact) mass is 352 g/mol. The van der Waals surface area contributed by atoms with Crippen molar-refractivity contribution in [3.63, 3.8) is 0 Å². The first-order valence-corrected chi connectivity index (χ1v) is 5.55. The van der Waals surface area contributed by atoms with Crippen LogP contribution in [0.1, 0.15) is 5.56 Å². The topological polar surface area (TPSA) is 58.6 Å². The first-order valence-electron chi connectivity index (χ1n) is 5.55. The molecule has 1 rings (SSSR count). The van der Waals surface area contributed by atoms with E-state index in [-0.39, 0.29) is 25.4 Å². The summed E-state index contributed by atoms with van der Waals surface area (Å²) < 4.78 is 5.05. The molecule has 2 amide bonds. The van der Waals surface area contributed by atoms with Gasteiger partial charge in [-0.1, -0.05) is 12.1 Å². The van der Waals surface area contributed by atoms with Crippen LogP contribution >= 0.6 is 0 Å². The molecule has 0 aliphatic carbocycles. The maximum absolute atomic E-state index is 11.8. The zero-order valence-corrected chi connectivity index (χ0v) is 12.7. The number of nitrogens with one attached hydrogen (secondary N) is 1. The summed E-state index contributed by atoms with van der Waals surface area (Å²) in [6, 6.07) is 6.77. The second-order valence-corrected chi connectivity index (χ2v) is 4.08. The van der Waals surface area contributed by atoms with Gasteiger partial charge in [0, 0.05) is 33.6 Å². The second kappa shape index (κ2) is 8.64. The smallest absolute Gasteiger partial charge is 0.242 e. The Hall–Kier alpha value is -1.42. The molecule has 0 aliphatic rings. The van der Waals surface area contributed by atoms with Gasteiger partial charge in [-0.2, -0.15) is 6.41 Å². The molecule has 0 aromatic heterocycles. The quantitative estimate of drug-likeness (QED) is 0.457. The standard InChI is InChI=1S/C13H17N2O3.Rh/c1-15(2)13(17)12(14-9-16)8-10-4-6-11(18-3)7-5-10;/h4-7,12H,8H2,1-3H3,(H,14,16);/q-1;. The summed E-state index contributed by atoms with van der Waals surface area (Å²) in [5.41, 5.74) is 0.943. The van der Waals surface area contributed by atoms with Gasteiger partial charge >= 0.3 is 0 Å². The van der Waals surface area contributed by atoms with Crippen LogP contribution in [-0.2, 0) is 35.5 Å². The first-order chi connectivity index (χ1) is 8.58. The number of likely N-dealkylation sites (N-methyl/N-ethyl adjacent to an activating group) is 1. The van der Waals surface area contributed by atoms with Gasteiger partial charge in [-0.05, 0) is 24.1 Å². The summed E-state index contributed by atoms with van der Waals surface area (Å²) in [4.78, 5) is 23.7. The zero-order valence-electron chi connectivity index (χ0n) is 11.1. The van der Waals surface area contributed by atoms with Gasteiger partial charge in [-0.3, -0.25) is 4.79 Å². The molecule has 0 bridgehead atoms. The van der Waals surface area contributed by atoms with Crippen molar-refractivity contribution >= 4 is 12.3 Å². The van der Waals surface area contributed by atoms with E-state index in [1.54, 1.807) is 27.6 Å². The molecule has 0 saturated carbocycles. The summed E-state index contributed by atoms with van der Waals surface area (Å²) in [7, 11) is 4.89. The number of hydrogen-bond acceptors (Lipinski definition) is 3. The number of carbonyl (C=O) groups excluding carboxylic acids is 2. The minimum Gasteiger partial charge on any atom is -0.520 e. The molecule has 6 heteroatoms. The van der Waals surface area contributed by atoms with Crippen molar-refractivity contribution in [2.75, 3.05) is 21.2 Å². The van der Waals surface area contributed by atoms with Crippen molar-refractivity contribution in [1.82, 2.24) is 10.2 Å². The van der Waals surface area contributed by atoms with Crippen LogP contribution in [0.15, 0.2) is 24.3 Å². The van der Waals surface area contributed by atoms with Crippen molar-refractivity contribution in [1.29, 1.82) is 0 Å². The van der Waals surface area contributed by atoms with Crippen molar-refractivity contribution in [2.24, 2.45) is 0 Å². The molecule has 107 valence electrons. The Kier molecular flexibility index (Phi) is 8.00. The van der Waals surface area contributed by atoms with Gasteiger partial charge in [0.2, 0.25) is 5.91 Å². The Morgan fingerprint density at radius 3 is 2.37 bits per heavy atom. The number of benzene rings is 1. The van der Waals surface area contributed by atoms with E-state index in [0.29, 0.717) is 6.42 Å². The zero-order chi connectivity index (χ0) is 13.5. The minimum atomic E-state index is -0.592. The Labute approximate surface area is 126 Å². The molecule has 0 aliphatic heterocycles. The van der Waals surface area contributed by atoms with E-state index in [9.17, 15) is 9.59 Å². The molecular weight excluding hydrogens is 335 g/mol. The summed E-state index contributed by atoms with van der Waals surface area (Å²) in [5, 5.41) is 2.41. The molecular formula is C13H17N2O3Rh-. The van der Waals surface area contributed by atoms with Gasteiger partial charge in [0.15, 0.2) is 0 Å². The van der Waals surface area contributed by atoms with E-state index in [0.717, 1.165) is 11.3 Å². The normalized spacial score (nSPS) is 10.9. The number of rotatable bonds is 6. The minimum absolute atomic E-state index is 0. The average molecular weight is 352 g/mol. The molecule has 1 N–H and O–H groups in total.